The number of likely N-dealkylation sites (N-methyl/N-ethyl adjacent to an activating group) is 1. The van der Waals surface area contributed by atoms with Crippen LogP contribution < -0.4 is 0 Å². The number of hydrogen-bond acceptors (Lipinski definition) is 3. The molecule has 0 aromatic rings. The summed E-state index contributed by atoms with van der Waals surface area (Å²) >= 11 is 0. The van der Waals surface area contributed by atoms with Gasteiger partial charge in [0.1, 0.15) is 6.10 Å². The van der Waals surface area contributed by atoms with Crippen LogP contribution in [0.5, 0.6) is 0 Å². The van der Waals surface area contributed by atoms with Crippen molar-refractivity contribution in [1.29, 1.82) is 0 Å². The molecule has 0 rings (SSSR count). The first kappa shape index (κ1) is 22.8. The standard InChI is InChI=1S/C17H37NO4S/c1-5-6-7-8-9-10-11-12-13-14-15-18(3,4)17(16(2)19)23(20,21)22/h16-17,19H,5-15H2,1-4H3/p+1. The van der Waals surface area contributed by atoms with Gasteiger partial charge in [-0.3, -0.25) is 4.55 Å². The van der Waals surface area contributed by atoms with Crippen molar-refractivity contribution in [2.45, 2.75) is 89.5 Å². The Hall–Kier alpha value is -0.170. The topological polar surface area (TPSA) is 74.6 Å². The predicted octanol–water partition coefficient (Wildman–Crippen LogP) is 3.58. The van der Waals surface area contributed by atoms with Gasteiger partial charge in [-0.05, 0) is 19.8 Å². The number of rotatable bonds is 14. The van der Waals surface area contributed by atoms with Crippen molar-refractivity contribution in [3.05, 3.63) is 0 Å². The molecule has 5 nitrogen and oxygen atoms in total. The van der Waals surface area contributed by atoms with Gasteiger partial charge in [0, 0.05) is 0 Å². The van der Waals surface area contributed by atoms with Crippen LogP contribution in [0.1, 0.15) is 78.1 Å². The van der Waals surface area contributed by atoms with E-state index in [9.17, 15) is 18.1 Å². The Bertz CT molecular complexity index is 393. The molecule has 0 bridgehead atoms. The summed E-state index contributed by atoms with van der Waals surface area (Å²) < 4.78 is 32.4. The molecule has 0 aliphatic rings. The highest BCUT2D eigenvalue weighted by Gasteiger charge is 2.42. The van der Waals surface area contributed by atoms with Crippen LogP contribution >= 0.6 is 0 Å². The molecule has 0 aliphatic heterocycles. The summed E-state index contributed by atoms with van der Waals surface area (Å²) in [5, 5.41) is 8.51. The Morgan fingerprint density at radius 3 is 1.61 bits per heavy atom. The van der Waals surface area contributed by atoms with Crippen molar-refractivity contribution in [3.63, 3.8) is 0 Å². The normalized spacial score (nSPS) is 15.6. The van der Waals surface area contributed by atoms with Crippen molar-refractivity contribution in [2.75, 3.05) is 20.6 Å². The summed E-state index contributed by atoms with van der Waals surface area (Å²) in [5.41, 5.74) is 0. The maximum absolute atomic E-state index is 11.5. The molecule has 0 spiro atoms. The van der Waals surface area contributed by atoms with E-state index in [1.165, 1.54) is 58.3 Å². The zero-order valence-electron chi connectivity index (χ0n) is 15.5. The van der Waals surface area contributed by atoms with Crippen molar-refractivity contribution in [3.8, 4) is 0 Å². The third-order valence-electron chi connectivity index (χ3n) is 4.49. The molecule has 6 heteroatoms. The average Bonchev–Trinajstić information content (AvgIpc) is 2.38. The number of aliphatic hydroxyl groups is 1. The summed E-state index contributed by atoms with van der Waals surface area (Å²) in [7, 11) is -0.764. The van der Waals surface area contributed by atoms with Gasteiger partial charge < -0.3 is 9.59 Å². The zero-order chi connectivity index (χ0) is 17.9. The summed E-state index contributed by atoms with van der Waals surface area (Å²) in [4.78, 5) is 0. The van der Waals surface area contributed by atoms with Gasteiger partial charge in [-0.1, -0.05) is 58.3 Å². The van der Waals surface area contributed by atoms with E-state index in [0.29, 0.717) is 6.54 Å². The van der Waals surface area contributed by atoms with E-state index in [1.807, 2.05) is 0 Å². The highest BCUT2D eigenvalue weighted by molar-refractivity contribution is 7.86. The Kier molecular flexibility index (Phi) is 11.3. The number of quaternary nitrogens is 1. The maximum Gasteiger partial charge on any atom is 0.322 e. The molecule has 140 valence electrons. The lowest BCUT2D eigenvalue weighted by atomic mass is 10.1. The monoisotopic (exact) mass is 352 g/mol. The van der Waals surface area contributed by atoms with Gasteiger partial charge >= 0.3 is 10.1 Å². The molecule has 0 saturated heterocycles. The second-order valence-corrected chi connectivity index (χ2v) is 8.84. The molecule has 2 N–H and O–H groups in total. The quantitative estimate of drug-likeness (QED) is 0.285. The molecular formula is C17H38NO4S+. The van der Waals surface area contributed by atoms with Gasteiger partial charge in [-0.2, -0.15) is 8.42 Å². The molecule has 0 aliphatic carbocycles. The van der Waals surface area contributed by atoms with Crippen molar-refractivity contribution >= 4 is 10.1 Å². The molecule has 23 heavy (non-hydrogen) atoms. The fourth-order valence-electron chi connectivity index (χ4n) is 3.33. The average molecular weight is 353 g/mol. The highest BCUT2D eigenvalue weighted by Crippen LogP contribution is 2.19. The number of unbranched alkanes of at least 4 members (excludes halogenated alkanes) is 9. The molecule has 0 heterocycles. The van der Waals surface area contributed by atoms with E-state index in [4.69, 9.17) is 0 Å². The molecule has 2 atom stereocenters. The first-order valence-corrected chi connectivity index (χ1v) is 10.6. The predicted molar refractivity (Wildman–Crippen MR) is 95.8 cm³/mol. The van der Waals surface area contributed by atoms with E-state index in [0.717, 1.165) is 12.8 Å². The SMILES string of the molecule is CCCCCCCCCCCC[N+](C)(C)C(C(C)O)S(=O)(=O)O. The van der Waals surface area contributed by atoms with Gasteiger partial charge in [-0.25, -0.2) is 0 Å². The molecule has 0 radical (unpaired) electrons. The minimum atomic E-state index is -4.26. The fraction of sp³-hybridized carbons (Fsp3) is 1.00. The van der Waals surface area contributed by atoms with E-state index >= 15 is 0 Å². The third-order valence-corrected chi connectivity index (χ3v) is 6.07. The smallest absolute Gasteiger partial charge is 0.322 e. The van der Waals surface area contributed by atoms with Crippen LogP contribution in [-0.2, 0) is 10.1 Å². The number of hydrogen-bond donors (Lipinski definition) is 2. The highest BCUT2D eigenvalue weighted by atomic mass is 32.2. The van der Waals surface area contributed by atoms with Crippen LogP contribution in [0.2, 0.25) is 0 Å². The van der Waals surface area contributed by atoms with Crippen LogP contribution in [0.15, 0.2) is 0 Å². The Morgan fingerprint density at radius 1 is 0.870 bits per heavy atom. The van der Waals surface area contributed by atoms with Gasteiger partial charge in [-0.15, -0.1) is 0 Å². The molecule has 0 aromatic carbocycles. The van der Waals surface area contributed by atoms with Crippen LogP contribution in [0.3, 0.4) is 0 Å². The summed E-state index contributed by atoms with van der Waals surface area (Å²) in [6.07, 6.45) is 11.2. The zero-order valence-corrected chi connectivity index (χ0v) is 16.3. The van der Waals surface area contributed by atoms with Crippen LogP contribution in [0, 0.1) is 0 Å². The van der Waals surface area contributed by atoms with Gasteiger partial charge in [0.2, 0.25) is 5.37 Å². The summed E-state index contributed by atoms with van der Waals surface area (Å²) in [5.74, 6) is 0. The van der Waals surface area contributed by atoms with Gasteiger partial charge in [0.25, 0.3) is 0 Å². The number of nitrogens with zero attached hydrogens (tertiary/aromatic N) is 1. The van der Waals surface area contributed by atoms with E-state index in [1.54, 1.807) is 14.1 Å². The third kappa shape index (κ3) is 10.3. The molecule has 0 saturated carbocycles. The molecule has 0 amide bonds. The molecule has 2 unspecified atom stereocenters. The van der Waals surface area contributed by atoms with Crippen LogP contribution in [-0.4, -0.2) is 54.7 Å². The first-order chi connectivity index (χ1) is 10.6. The minimum absolute atomic E-state index is 0.0908. The Morgan fingerprint density at radius 2 is 1.26 bits per heavy atom. The molecule has 0 fully saturated rings. The van der Waals surface area contributed by atoms with E-state index in [-0.39, 0.29) is 4.48 Å². The van der Waals surface area contributed by atoms with Crippen molar-refractivity contribution in [1.82, 2.24) is 0 Å². The maximum atomic E-state index is 11.5. The van der Waals surface area contributed by atoms with Gasteiger partial charge in [0.15, 0.2) is 0 Å². The lowest BCUT2D eigenvalue weighted by molar-refractivity contribution is -0.904. The van der Waals surface area contributed by atoms with Crippen LogP contribution in [0.25, 0.3) is 0 Å². The second kappa shape index (κ2) is 11.4. The van der Waals surface area contributed by atoms with E-state index < -0.39 is 21.6 Å². The lowest BCUT2D eigenvalue weighted by Gasteiger charge is -2.37. The molecular weight excluding hydrogens is 314 g/mol. The van der Waals surface area contributed by atoms with Crippen molar-refractivity contribution < 1.29 is 22.6 Å². The second-order valence-electron chi connectivity index (χ2n) is 7.33. The first-order valence-electron chi connectivity index (χ1n) is 9.10. The fourth-order valence-corrected chi connectivity index (χ4v) is 4.65. The van der Waals surface area contributed by atoms with E-state index in [2.05, 4.69) is 6.92 Å². The Labute approximate surface area is 143 Å². The Balaban J connectivity index is 3.94. The van der Waals surface area contributed by atoms with Crippen molar-refractivity contribution in [2.24, 2.45) is 0 Å². The summed E-state index contributed by atoms with van der Waals surface area (Å²) in [6.45, 7) is 4.27. The lowest BCUT2D eigenvalue weighted by Crippen LogP contribution is -2.57. The minimum Gasteiger partial charge on any atom is -0.386 e. The summed E-state index contributed by atoms with van der Waals surface area (Å²) in [6, 6.07) is 0. The van der Waals surface area contributed by atoms with Gasteiger partial charge in [0.05, 0.1) is 20.6 Å². The van der Waals surface area contributed by atoms with Crippen LogP contribution in [0.4, 0.5) is 0 Å². The number of aliphatic hydroxyl groups excluding tert-OH is 1. The molecule has 0 aromatic heterocycles. The largest absolute Gasteiger partial charge is 0.386 e.